The van der Waals surface area contributed by atoms with Gasteiger partial charge in [-0.3, -0.25) is 9.78 Å². The molecule has 0 bridgehead atoms. The molecule has 1 N–H and O–H groups in total. The van der Waals surface area contributed by atoms with Gasteiger partial charge in [0.15, 0.2) is 0 Å². The van der Waals surface area contributed by atoms with E-state index in [9.17, 15) is 9.90 Å². The normalized spacial score (nSPS) is 26.2. The van der Waals surface area contributed by atoms with Crippen LogP contribution in [0.2, 0.25) is 0 Å². The summed E-state index contributed by atoms with van der Waals surface area (Å²) < 4.78 is 0. The van der Waals surface area contributed by atoms with Gasteiger partial charge in [0.1, 0.15) is 0 Å². The van der Waals surface area contributed by atoms with E-state index in [0.717, 1.165) is 42.4 Å². The fourth-order valence-electron chi connectivity index (χ4n) is 5.09. The Bertz CT molecular complexity index is 881. The molecule has 5 heteroatoms. The third-order valence-corrected chi connectivity index (χ3v) is 6.69. The monoisotopic (exact) mass is 367 g/mol. The molecule has 0 aliphatic carbocycles. The summed E-state index contributed by atoms with van der Waals surface area (Å²) in [5.41, 5.74) is 3.69. The molecule has 2 aromatic rings. The summed E-state index contributed by atoms with van der Waals surface area (Å²) in [4.78, 5) is 22.1. The molecule has 2 fully saturated rings. The number of aromatic nitrogens is 1. The first-order valence-corrected chi connectivity index (χ1v) is 9.92. The number of nitrogens with zero attached hydrogens (tertiary/aromatic N) is 3. The highest BCUT2D eigenvalue weighted by atomic mass is 16.3. The van der Waals surface area contributed by atoms with Crippen molar-refractivity contribution in [2.75, 3.05) is 33.3 Å². The second-order valence-electron chi connectivity index (χ2n) is 8.43. The second-order valence-corrected chi connectivity index (χ2v) is 8.43. The summed E-state index contributed by atoms with van der Waals surface area (Å²) in [6, 6.07) is 8.17. The minimum atomic E-state index is -0.0526. The molecule has 27 heavy (non-hydrogen) atoms. The number of aryl methyl sites for hydroxylation is 2. The predicted molar refractivity (Wildman–Crippen MR) is 107 cm³/mol. The molecular formula is C22H29N3O2. The summed E-state index contributed by atoms with van der Waals surface area (Å²) in [5, 5.41) is 11.2. The van der Waals surface area contributed by atoms with Crippen molar-refractivity contribution >= 4 is 16.8 Å². The third-order valence-electron chi connectivity index (χ3n) is 6.69. The summed E-state index contributed by atoms with van der Waals surface area (Å²) in [6.45, 7) is 6.71. The van der Waals surface area contributed by atoms with Crippen molar-refractivity contribution < 1.29 is 9.90 Å². The highest BCUT2D eigenvalue weighted by Gasteiger charge is 2.47. The van der Waals surface area contributed by atoms with Crippen molar-refractivity contribution in [2.24, 2.45) is 5.41 Å². The van der Waals surface area contributed by atoms with E-state index < -0.39 is 0 Å². The lowest BCUT2D eigenvalue weighted by molar-refractivity contribution is -0.0601. The number of carbonyl (C=O) groups excluding carboxylic acids is 1. The van der Waals surface area contributed by atoms with Gasteiger partial charge in [0, 0.05) is 41.2 Å². The highest BCUT2D eigenvalue weighted by molar-refractivity contribution is 5.98. The van der Waals surface area contributed by atoms with Gasteiger partial charge in [-0.05, 0) is 70.5 Å². The molecule has 2 saturated heterocycles. The van der Waals surface area contributed by atoms with Crippen LogP contribution in [0.25, 0.3) is 10.9 Å². The largest absolute Gasteiger partial charge is 0.396 e. The number of likely N-dealkylation sites (tertiary alicyclic amines) is 2. The van der Waals surface area contributed by atoms with Gasteiger partial charge < -0.3 is 14.9 Å². The van der Waals surface area contributed by atoms with Crippen LogP contribution in [0.4, 0.5) is 0 Å². The topological polar surface area (TPSA) is 56.7 Å². The molecule has 4 rings (SSSR count). The van der Waals surface area contributed by atoms with Crippen LogP contribution in [0.3, 0.4) is 0 Å². The molecule has 0 radical (unpaired) electrons. The van der Waals surface area contributed by atoms with Crippen LogP contribution in [0, 0.1) is 19.3 Å². The quantitative estimate of drug-likeness (QED) is 0.887. The molecule has 2 aliphatic heterocycles. The Balaban J connectivity index is 1.61. The number of rotatable bonds is 2. The Morgan fingerprint density at radius 2 is 2.07 bits per heavy atom. The maximum absolute atomic E-state index is 13.2. The maximum Gasteiger partial charge on any atom is 0.253 e. The number of benzene rings is 1. The molecule has 2 atom stereocenters. The van der Waals surface area contributed by atoms with E-state index in [-0.39, 0.29) is 24.0 Å². The van der Waals surface area contributed by atoms with Crippen molar-refractivity contribution in [1.82, 2.24) is 14.8 Å². The number of aliphatic hydroxyl groups excluding tert-OH is 1. The van der Waals surface area contributed by atoms with E-state index >= 15 is 0 Å². The van der Waals surface area contributed by atoms with Crippen molar-refractivity contribution in [3.63, 3.8) is 0 Å². The van der Waals surface area contributed by atoms with Crippen molar-refractivity contribution in [1.29, 1.82) is 0 Å². The number of piperidine rings is 2. The smallest absolute Gasteiger partial charge is 0.253 e. The molecule has 3 heterocycles. The molecule has 0 saturated carbocycles. The summed E-state index contributed by atoms with van der Waals surface area (Å²) in [5.74, 6) is 0.0726. The van der Waals surface area contributed by atoms with Crippen molar-refractivity contribution in [2.45, 2.75) is 39.2 Å². The Kier molecular flexibility index (Phi) is 4.68. The predicted octanol–water partition coefficient (Wildman–Crippen LogP) is 2.77. The number of hydrogen-bond acceptors (Lipinski definition) is 4. The van der Waals surface area contributed by atoms with Gasteiger partial charge in [-0.1, -0.05) is 6.07 Å². The lowest BCUT2D eigenvalue weighted by atomic mass is 9.69. The number of carbonyl (C=O) groups is 1. The van der Waals surface area contributed by atoms with Gasteiger partial charge in [0.05, 0.1) is 12.1 Å². The minimum absolute atomic E-state index is 0.0526. The van der Waals surface area contributed by atoms with Gasteiger partial charge >= 0.3 is 0 Å². The minimum Gasteiger partial charge on any atom is -0.396 e. The van der Waals surface area contributed by atoms with Crippen molar-refractivity contribution in [3.8, 4) is 0 Å². The Hall–Kier alpha value is -1.98. The number of pyridine rings is 1. The number of hydrogen-bond donors (Lipinski definition) is 1. The summed E-state index contributed by atoms with van der Waals surface area (Å²) >= 11 is 0. The van der Waals surface area contributed by atoms with Gasteiger partial charge in [-0.25, -0.2) is 0 Å². The van der Waals surface area contributed by atoms with Crippen molar-refractivity contribution in [3.05, 3.63) is 41.1 Å². The average Bonchev–Trinajstić information content (AvgIpc) is 2.66. The Morgan fingerprint density at radius 3 is 2.85 bits per heavy atom. The van der Waals surface area contributed by atoms with E-state index in [1.54, 1.807) is 0 Å². The van der Waals surface area contributed by atoms with Gasteiger partial charge in [-0.15, -0.1) is 0 Å². The summed E-state index contributed by atoms with van der Waals surface area (Å²) in [6.07, 6.45) is 3.05. The zero-order chi connectivity index (χ0) is 19.2. The molecule has 2 aliphatic rings. The van der Waals surface area contributed by atoms with Gasteiger partial charge in [-0.2, -0.15) is 0 Å². The Morgan fingerprint density at radius 1 is 1.26 bits per heavy atom. The first-order chi connectivity index (χ1) is 12.9. The number of aliphatic hydroxyl groups is 1. The van der Waals surface area contributed by atoms with Crippen LogP contribution in [-0.2, 0) is 0 Å². The molecule has 0 spiro atoms. The van der Waals surface area contributed by atoms with E-state index in [1.807, 2.05) is 30.0 Å². The molecule has 144 valence electrons. The van der Waals surface area contributed by atoms with E-state index in [2.05, 4.69) is 29.9 Å². The molecule has 1 amide bonds. The average molecular weight is 367 g/mol. The first kappa shape index (κ1) is 18.4. The van der Waals surface area contributed by atoms with Crippen LogP contribution in [0.15, 0.2) is 24.3 Å². The molecule has 1 aromatic heterocycles. The van der Waals surface area contributed by atoms with E-state index in [4.69, 9.17) is 0 Å². The third kappa shape index (κ3) is 3.13. The summed E-state index contributed by atoms with van der Waals surface area (Å²) in [7, 11) is 2.12. The Labute approximate surface area is 161 Å². The standard InChI is InChI=1S/C22H29N3O2/c1-15-11-16(2)23-19-12-17(5-6-18(15)19)21(27)25-10-8-22(14-26)7-4-9-24(3)20(22)13-25/h5-6,11-12,20,26H,4,7-10,13-14H2,1-3H3/t20-,22-/m1/s1. The molecular weight excluding hydrogens is 338 g/mol. The molecule has 0 unspecified atom stereocenters. The van der Waals surface area contributed by atoms with Crippen LogP contribution in [-0.4, -0.2) is 65.1 Å². The van der Waals surface area contributed by atoms with Crippen LogP contribution in [0.1, 0.15) is 40.9 Å². The lowest BCUT2D eigenvalue weighted by Gasteiger charge is -2.53. The molecule has 5 nitrogen and oxygen atoms in total. The van der Waals surface area contributed by atoms with Gasteiger partial charge in [0.25, 0.3) is 5.91 Å². The zero-order valence-electron chi connectivity index (χ0n) is 16.5. The zero-order valence-corrected chi connectivity index (χ0v) is 16.5. The number of amides is 1. The van der Waals surface area contributed by atoms with Crippen LogP contribution in [0.5, 0.6) is 0 Å². The van der Waals surface area contributed by atoms with Crippen LogP contribution >= 0.6 is 0 Å². The highest BCUT2D eigenvalue weighted by Crippen LogP contribution is 2.41. The van der Waals surface area contributed by atoms with E-state index in [1.165, 1.54) is 5.56 Å². The number of likely N-dealkylation sites (N-methyl/N-ethyl adjacent to an activating group) is 1. The fraction of sp³-hybridized carbons (Fsp3) is 0.545. The maximum atomic E-state index is 13.2. The second kappa shape index (κ2) is 6.88. The van der Waals surface area contributed by atoms with Gasteiger partial charge in [0.2, 0.25) is 0 Å². The van der Waals surface area contributed by atoms with E-state index in [0.29, 0.717) is 18.7 Å². The SMILES string of the molecule is Cc1cc(C)c2ccc(C(=O)N3CC[C@@]4(CO)CCCN(C)[C@@H]4C3)cc2n1. The fourth-order valence-corrected chi connectivity index (χ4v) is 5.09. The van der Waals surface area contributed by atoms with Crippen LogP contribution < -0.4 is 0 Å². The number of fused-ring (bicyclic) bond motifs is 2. The molecule has 1 aromatic carbocycles. The first-order valence-electron chi connectivity index (χ1n) is 9.92. The lowest BCUT2D eigenvalue weighted by Crippen LogP contribution is -2.62.